The molecule has 2 aromatic rings. The van der Waals surface area contributed by atoms with Crippen LogP contribution < -0.4 is 15.6 Å². The van der Waals surface area contributed by atoms with Gasteiger partial charge in [0.05, 0.1) is 18.4 Å². The summed E-state index contributed by atoms with van der Waals surface area (Å²) in [6.45, 7) is 4.10. The first-order chi connectivity index (χ1) is 11.1. The third-order valence-corrected chi connectivity index (χ3v) is 3.04. The van der Waals surface area contributed by atoms with Crippen molar-refractivity contribution >= 4 is 17.9 Å². The maximum atomic E-state index is 11.8. The Bertz CT molecular complexity index is 719. The maximum absolute atomic E-state index is 11.8. The number of para-hydroxylation sites is 1. The van der Waals surface area contributed by atoms with Crippen molar-refractivity contribution in [2.45, 2.75) is 13.8 Å². The highest BCUT2D eigenvalue weighted by Gasteiger charge is 2.11. The fraction of sp³-hybridized carbons (Fsp3) is 0.176. The zero-order valence-corrected chi connectivity index (χ0v) is 13.0. The normalized spacial score (nSPS) is 10.5. The molecule has 2 rings (SSSR count). The Balaban J connectivity index is 1.92. The zero-order valence-electron chi connectivity index (χ0n) is 13.0. The highest BCUT2D eigenvalue weighted by molar-refractivity contribution is 5.98. The van der Waals surface area contributed by atoms with E-state index < -0.39 is 11.8 Å². The Morgan fingerprint density at radius 3 is 2.70 bits per heavy atom. The summed E-state index contributed by atoms with van der Waals surface area (Å²) in [6.07, 6.45) is 4.35. The second-order valence-electron chi connectivity index (χ2n) is 4.64. The van der Waals surface area contributed by atoms with Gasteiger partial charge in [-0.3, -0.25) is 20.4 Å². The van der Waals surface area contributed by atoms with Crippen LogP contribution in [0.5, 0.6) is 5.75 Å². The van der Waals surface area contributed by atoms with Gasteiger partial charge in [0.15, 0.2) is 0 Å². The van der Waals surface area contributed by atoms with Gasteiger partial charge in [-0.1, -0.05) is 18.2 Å². The molecule has 0 spiro atoms. The summed E-state index contributed by atoms with van der Waals surface area (Å²) in [5.41, 5.74) is 5.78. The van der Waals surface area contributed by atoms with Crippen LogP contribution in [0.1, 0.15) is 28.6 Å². The molecule has 120 valence electrons. The lowest BCUT2D eigenvalue weighted by molar-refractivity contribution is -0.117. The maximum Gasteiger partial charge on any atom is 0.273 e. The number of aryl methyl sites for hydroxylation is 1. The first-order valence-electron chi connectivity index (χ1n) is 7.16. The molecule has 0 aliphatic rings. The Hall–Kier alpha value is -3.02. The summed E-state index contributed by atoms with van der Waals surface area (Å²) in [5, 5.41) is 0. The van der Waals surface area contributed by atoms with Crippen LogP contribution in [0.4, 0.5) is 0 Å². The molecule has 0 atom stereocenters. The number of benzene rings is 1. The van der Waals surface area contributed by atoms with E-state index >= 15 is 0 Å². The molecule has 0 radical (unpaired) electrons. The van der Waals surface area contributed by atoms with E-state index in [2.05, 4.69) is 10.9 Å². The first-order valence-corrected chi connectivity index (χ1v) is 7.16. The molecule has 6 heteroatoms. The molecular formula is C17H18N2O4. The Morgan fingerprint density at radius 1 is 1.22 bits per heavy atom. The van der Waals surface area contributed by atoms with E-state index in [1.807, 2.05) is 31.2 Å². The molecule has 6 nitrogen and oxygen atoms in total. The van der Waals surface area contributed by atoms with Crippen LogP contribution in [0.15, 0.2) is 47.1 Å². The number of carbonyl (C=O) groups excluding carboxylic acids is 2. The van der Waals surface area contributed by atoms with E-state index in [1.165, 1.54) is 18.4 Å². The largest absolute Gasteiger partial charge is 0.493 e. The quantitative estimate of drug-likeness (QED) is 0.656. The number of hydrogen-bond donors (Lipinski definition) is 2. The van der Waals surface area contributed by atoms with Gasteiger partial charge in [0.25, 0.3) is 11.8 Å². The predicted octanol–water partition coefficient (Wildman–Crippen LogP) is 2.46. The van der Waals surface area contributed by atoms with Crippen molar-refractivity contribution in [1.82, 2.24) is 10.9 Å². The van der Waals surface area contributed by atoms with Crippen molar-refractivity contribution in [2.24, 2.45) is 0 Å². The van der Waals surface area contributed by atoms with Crippen LogP contribution in [-0.4, -0.2) is 18.4 Å². The van der Waals surface area contributed by atoms with Gasteiger partial charge in [-0.05, 0) is 32.1 Å². The number of rotatable bonds is 5. The SMILES string of the molecule is CCOc1ccccc1/C=C/C(=O)NNC(=O)c1ccoc1C. The summed E-state index contributed by atoms with van der Waals surface area (Å²) in [6, 6.07) is 8.90. The van der Waals surface area contributed by atoms with Gasteiger partial charge in [-0.2, -0.15) is 0 Å². The minimum atomic E-state index is -0.453. The number of nitrogens with one attached hydrogen (secondary N) is 2. The molecule has 2 amide bonds. The average molecular weight is 314 g/mol. The summed E-state index contributed by atoms with van der Waals surface area (Å²) in [5.74, 6) is 0.286. The fourth-order valence-electron chi connectivity index (χ4n) is 1.92. The van der Waals surface area contributed by atoms with E-state index in [0.717, 1.165) is 5.56 Å². The monoisotopic (exact) mass is 314 g/mol. The third-order valence-electron chi connectivity index (χ3n) is 3.04. The van der Waals surface area contributed by atoms with Crippen LogP contribution in [0, 0.1) is 6.92 Å². The standard InChI is InChI=1S/C17H18N2O4/c1-3-22-15-7-5-4-6-13(15)8-9-16(20)18-19-17(21)14-10-11-23-12(14)2/h4-11H,3H2,1-2H3,(H,18,20)(H,19,21)/b9-8+. The van der Waals surface area contributed by atoms with Crippen LogP contribution in [0.3, 0.4) is 0 Å². The summed E-state index contributed by atoms with van der Waals surface area (Å²) in [4.78, 5) is 23.6. The molecule has 0 saturated heterocycles. The average Bonchev–Trinajstić information content (AvgIpc) is 2.98. The zero-order chi connectivity index (χ0) is 16.7. The molecule has 23 heavy (non-hydrogen) atoms. The van der Waals surface area contributed by atoms with Gasteiger partial charge >= 0.3 is 0 Å². The van der Waals surface area contributed by atoms with Crippen LogP contribution in [-0.2, 0) is 4.79 Å². The van der Waals surface area contributed by atoms with E-state index in [0.29, 0.717) is 23.7 Å². The number of furan rings is 1. The van der Waals surface area contributed by atoms with Crippen molar-refractivity contribution in [3.05, 3.63) is 59.6 Å². The Kier molecular flexibility index (Phi) is 5.57. The van der Waals surface area contributed by atoms with Crippen molar-refractivity contribution in [3.8, 4) is 5.75 Å². The second kappa shape index (κ2) is 7.84. The molecular weight excluding hydrogens is 296 g/mol. The van der Waals surface area contributed by atoms with E-state index in [4.69, 9.17) is 9.15 Å². The molecule has 0 unspecified atom stereocenters. The fourth-order valence-corrected chi connectivity index (χ4v) is 1.92. The van der Waals surface area contributed by atoms with Gasteiger partial charge in [-0.15, -0.1) is 0 Å². The van der Waals surface area contributed by atoms with Crippen molar-refractivity contribution in [1.29, 1.82) is 0 Å². The molecule has 0 aliphatic carbocycles. The van der Waals surface area contributed by atoms with Gasteiger partial charge < -0.3 is 9.15 Å². The molecule has 0 fully saturated rings. The Labute approximate surface area is 134 Å². The van der Waals surface area contributed by atoms with Crippen molar-refractivity contribution in [3.63, 3.8) is 0 Å². The van der Waals surface area contributed by atoms with Gasteiger partial charge in [0, 0.05) is 11.6 Å². The topological polar surface area (TPSA) is 80.6 Å². The highest BCUT2D eigenvalue weighted by Crippen LogP contribution is 2.19. The summed E-state index contributed by atoms with van der Waals surface area (Å²) in [7, 11) is 0. The minimum absolute atomic E-state index is 0.371. The minimum Gasteiger partial charge on any atom is -0.493 e. The van der Waals surface area contributed by atoms with Gasteiger partial charge in [0.2, 0.25) is 0 Å². The highest BCUT2D eigenvalue weighted by atomic mass is 16.5. The number of carbonyl (C=O) groups is 2. The number of amides is 2. The molecule has 0 saturated carbocycles. The van der Waals surface area contributed by atoms with Crippen molar-refractivity contribution in [2.75, 3.05) is 6.61 Å². The lowest BCUT2D eigenvalue weighted by atomic mass is 10.2. The van der Waals surface area contributed by atoms with E-state index in [9.17, 15) is 9.59 Å². The summed E-state index contributed by atoms with van der Waals surface area (Å²) >= 11 is 0. The number of hydrogen-bond acceptors (Lipinski definition) is 4. The van der Waals surface area contributed by atoms with Crippen LogP contribution in [0.25, 0.3) is 6.08 Å². The molecule has 1 aromatic carbocycles. The van der Waals surface area contributed by atoms with E-state index in [1.54, 1.807) is 13.0 Å². The summed E-state index contributed by atoms with van der Waals surface area (Å²) < 4.78 is 10.5. The lowest BCUT2D eigenvalue weighted by Crippen LogP contribution is -2.40. The smallest absolute Gasteiger partial charge is 0.273 e. The Morgan fingerprint density at radius 2 is 2.00 bits per heavy atom. The molecule has 0 aliphatic heterocycles. The molecule has 2 N–H and O–H groups in total. The molecule has 1 aromatic heterocycles. The number of hydrazine groups is 1. The van der Waals surface area contributed by atoms with Crippen molar-refractivity contribution < 1.29 is 18.7 Å². The van der Waals surface area contributed by atoms with Crippen LogP contribution in [0.2, 0.25) is 0 Å². The van der Waals surface area contributed by atoms with E-state index in [-0.39, 0.29) is 0 Å². The third kappa shape index (κ3) is 4.47. The number of ether oxygens (including phenoxy) is 1. The second-order valence-corrected chi connectivity index (χ2v) is 4.64. The van der Waals surface area contributed by atoms with Crippen LogP contribution >= 0.6 is 0 Å². The predicted molar refractivity (Wildman–Crippen MR) is 85.7 cm³/mol. The first kappa shape index (κ1) is 16.4. The van der Waals surface area contributed by atoms with Gasteiger partial charge in [0.1, 0.15) is 11.5 Å². The van der Waals surface area contributed by atoms with Gasteiger partial charge in [-0.25, -0.2) is 0 Å². The molecule has 1 heterocycles. The molecule has 0 bridgehead atoms. The lowest BCUT2D eigenvalue weighted by Gasteiger charge is -2.06.